The summed E-state index contributed by atoms with van der Waals surface area (Å²) in [6.45, 7) is 14.2. The minimum atomic E-state index is -0.894. The van der Waals surface area contributed by atoms with E-state index in [9.17, 15) is 24.9 Å². The molecule has 0 heterocycles. The first-order valence-electron chi connectivity index (χ1n) is 15.8. The number of rotatable bonds is 4. The standard InChI is InChI=1S/C30H48O4.C3H7NO2S/c1-25(2)13-15-30(24(33)34)16-14-28(5)19(20(30)17-25)7-8-22-26(3)11-10-23(32)27(4,18-31)21(26)9-12-29(22,28)6;4-2(1-7)3(5)6/h7,20-23,31-32H,8-18H2,1-6H3,(H,33,34);2,7H,1,4H2,(H,5,6). The summed E-state index contributed by atoms with van der Waals surface area (Å²) in [6, 6.07) is -0.566. The number of carboxylic acid groups (broad SMARTS) is 2. The van der Waals surface area contributed by atoms with E-state index in [4.69, 9.17) is 5.11 Å². The number of carboxylic acids is 2. The molecule has 4 saturated carbocycles. The molecule has 0 aliphatic heterocycles. The van der Waals surface area contributed by atoms with Gasteiger partial charge in [-0.3, -0.25) is 0 Å². The molecule has 5 aliphatic rings. The Bertz CT molecular complexity index is 1080. The first kappa shape index (κ1) is 32.8. The first-order chi connectivity index (χ1) is 18.9. The van der Waals surface area contributed by atoms with E-state index in [1.54, 1.807) is 0 Å². The molecule has 5 aliphatic carbocycles. The Morgan fingerprint density at radius 2 is 1.66 bits per heavy atom. The van der Waals surface area contributed by atoms with Crippen LogP contribution in [0.4, 0.5) is 0 Å². The van der Waals surface area contributed by atoms with Crippen LogP contribution in [0.15, 0.2) is 11.6 Å². The Kier molecular flexibility index (Phi) is 8.66. The summed E-state index contributed by atoms with van der Waals surface area (Å²) in [5, 5.41) is 42.0. The van der Waals surface area contributed by atoms with Crippen LogP contribution in [-0.4, -0.2) is 51.8 Å². The quantitative estimate of drug-likeness (QED) is 0.249. The summed E-state index contributed by atoms with van der Waals surface area (Å²) in [5.74, 6) is -0.536. The number of aliphatic hydroxyl groups excluding tert-OH is 2. The molecule has 0 aromatic rings. The molecule has 0 saturated heterocycles. The monoisotopic (exact) mass is 593 g/mol. The Morgan fingerprint density at radius 3 is 2.20 bits per heavy atom. The highest BCUT2D eigenvalue weighted by Gasteiger charge is 2.68. The van der Waals surface area contributed by atoms with Gasteiger partial charge in [-0.2, -0.15) is 12.6 Å². The lowest BCUT2D eigenvalue weighted by atomic mass is 9.33. The van der Waals surface area contributed by atoms with E-state index in [1.165, 1.54) is 5.57 Å². The first-order valence-corrected chi connectivity index (χ1v) is 16.4. The maximum atomic E-state index is 12.7. The molecule has 7 nitrogen and oxygen atoms in total. The molecule has 0 bridgehead atoms. The van der Waals surface area contributed by atoms with Gasteiger partial charge in [-0.05, 0) is 104 Å². The minimum absolute atomic E-state index is 0.00733. The molecule has 10 unspecified atom stereocenters. The fourth-order valence-corrected chi connectivity index (χ4v) is 10.9. The SMILES string of the molecule is CC1(C)CCC2(C(=O)[O-])CCC3(C)C(=CCC4C5(C)CCC(O)C(C)(CO)C5CCC43C)C2C1.[NH3+]C(CS)C(=O)O. The number of carbonyl (C=O) groups is 2. The van der Waals surface area contributed by atoms with Crippen LogP contribution in [0.3, 0.4) is 0 Å². The van der Waals surface area contributed by atoms with Crippen molar-refractivity contribution in [2.45, 2.75) is 118 Å². The molecule has 10 atom stereocenters. The Labute approximate surface area is 252 Å². The van der Waals surface area contributed by atoms with E-state index >= 15 is 0 Å². The van der Waals surface area contributed by atoms with E-state index < -0.39 is 34.9 Å². The second-order valence-corrected chi connectivity index (χ2v) is 16.5. The number of hydrogen-bond acceptors (Lipinski definition) is 6. The average molecular weight is 594 g/mol. The third-order valence-corrected chi connectivity index (χ3v) is 14.2. The zero-order valence-electron chi connectivity index (χ0n) is 26.2. The molecule has 0 aromatic carbocycles. The van der Waals surface area contributed by atoms with Gasteiger partial charge in [0.05, 0.1) is 18.5 Å². The summed E-state index contributed by atoms with van der Waals surface area (Å²) in [7, 11) is 0. The molecule has 4 fully saturated rings. The predicted octanol–water partition coefficient (Wildman–Crippen LogP) is 3.48. The fraction of sp³-hybridized carbons (Fsp3) is 0.879. The van der Waals surface area contributed by atoms with Crippen LogP contribution in [0.5, 0.6) is 0 Å². The third kappa shape index (κ3) is 4.82. The molecule has 6 N–H and O–H groups in total. The Morgan fingerprint density at radius 1 is 1.02 bits per heavy atom. The molecule has 8 heteroatoms. The van der Waals surface area contributed by atoms with Gasteiger partial charge >= 0.3 is 5.97 Å². The van der Waals surface area contributed by atoms with E-state index in [0.717, 1.165) is 64.2 Å². The zero-order valence-corrected chi connectivity index (χ0v) is 27.1. The fourth-order valence-electron chi connectivity index (χ4n) is 10.7. The number of hydrogen-bond donors (Lipinski definition) is 5. The molecular formula is C33H55NO6S. The lowest BCUT2D eigenvalue weighted by Crippen LogP contribution is -2.66. The van der Waals surface area contributed by atoms with Crippen molar-refractivity contribution >= 4 is 24.6 Å². The molecular weight excluding hydrogens is 538 g/mol. The number of allylic oxidation sites excluding steroid dienone is 2. The van der Waals surface area contributed by atoms with E-state index in [2.05, 4.69) is 66.0 Å². The van der Waals surface area contributed by atoms with Crippen LogP contribution in [0, 0.1) is 50.2 Å². The van der Waals surface area contributed by atoms with Gasteiger partial charge < -0.3 is 31.0 Å². The summed E-state index contributed by atoms with van der Waals surface area (Å²) >= 11 is 3.71. The van der Waals surface area contributed by atoms with Crippen molar-refractivity contribution in [3.05, 3.63) is 11.6 Å². The molecule has 5 rings (SSSR count). The Balaban J connectivity index is 0.000000493. The smallest absolute Gasteiger partial charge is 0.363 e. The number of fused-ring (bicyclic) bond motifs is 7. The van der Waals surface area contributed by atoms with Crippen molar-refractivity contribution in [1.82, 2.24) is 0 Å². The van der Waals surface area contributed by atoms with Crippen LogP contribution in [0.1, 0.15) is 106 Å². The van der Waals surface area contributed by atoms with Crippen molar-refractivity contribution in [2.24, 2.45) is 50.2 Å². The third-order valence-electron chi connectivity index (χ3n) is 13.7. The minimum Gasteiger partial charge on any atom is -0.550 e. The summed E-state index contributed by atoms with van der Waals surface area (Å²) in [6.07, 6.45) is 11.2. The molecule has 41 heavy (non-hydrogen) atoms. The molecule has 0 radical (unpaired) electrons. The molecule has 0 aromatic heterocycles. The summed E-state index contributed by atoms with van der Waals surface area (Å²) in [5.41, 5.74) is 3.89. The highest BCUT2D eigenvalue weighted by molar-refractivity contribution is 7.80. The van der Waals surface area contributed by atoms with Crippen molar-refractivity contribution in [3.8, 4) is 0 Å². The number of thiol groups is 1. The van der Waals surface area contributed by atoms with Crippen LogP contribution in [0.2, 0.25) is 0 Å². The normalized spacial score (nSPS) is 47.1. The van der Waals surface area contributed by atoms with Gasteiger partial charge in [0.15, 0.2) is 6.04 Å². The zero-order chi connectivity index (χ0) is 30.8. The Hall–Kier alpha value is -1.09. The number of aliphatic hydroxyl groups is 2. The van der Waals surface area contributed by atoms with Gasteiger partial charge in [0, 0.05) is 16.8 Å². The van der Waals surface area contributed by atoms with E-state index in [-0.39, 0.29) is 34.2 Å². The van der Waals surface area contributed by atoms with Crippen molar-refractivity contribution in [2.75, 3.05) is 12.4 Å². The van der Waals surface area contributed by atoms with Gasteiger partial charge in [-0.15, -0.1) is 0 Å². The maximum absolute atomic E-state index is 12.7. The van der Waals surface area contributed by atoms with Gasteiger partial charge in [-0.25, -0.2) is 4.79 Å². The van der Waals surface area contributed by atoms with Gasteiger partial charge in [0.2, 0.25) is 0 Å². The van der Waals surface area contributed by atoms with Crippen molar-refractivity contribution in [3.63, 3.8) is 0 Å². The van der Waals surface area contributed by atoms with Gasteiger partial charge in [0.25, 0.3) is 0 Å². The topological polar surface area (TPSA) is 146 Å². The van der Waals surface area contributed by atoms with Crippen molar-refractivity contribution in [1.29, 1.82) is 0 Å². The van der Waals surface area contributed by atoms with Crippen LogP contribution < -0.4 is 10.8 Å². The van der Waals surface area contributed by atoms with Crippen molar-refractivity contribution < 1.29 is 35.7 Å². The lowest BCUT2D eigenvalue weighted by molar-refractivity contribution is -0.400. The van der Waals surface area contributed by atoms with E-state index in [0.29, 0.717) is 17.6 Å². The number of carbonyl (C=O) groups excluding carboxylic acids is 1. The highest BCUT2D eigenvalue weighted by atomic mass is 32.1. The van der Waals surface area contributed by atoms with E-state index in [1.807, 2.05) is 0 Å². The largest absolute Gasteiger partial charge is 0.550 e. The van der Waals surface area contributed by atoms with Crippen LogP contribution >= 0.6 is 12.6 Å². The molecule has 234 valence electrons. The summed E-state index contributed by atoms with van der Waals surface area (Å²) in [4.78, 5) is 22.5. The average Bonchev–Trinajstić information content (AvgIpc) is 2.90. The van der Waals surface area contributed by atoms with Gasteiger partial charge in [0.1, 0.15) is 0 Å². The lowest BCUT2D eigenvalue weighted by Gasteiger charge is -2.71. The highest BCUT2D eigenvalue weighted by Crippen LogP contribution is 2.75. The second-order valence-electron chi connectivity index (χ2n) is 16.1. The molecule has 0 spiro atoms. The summed E-state index contributed by atoms with van der Waals surface area (Å²) < 4.78 is 0. The molecule has 0 amide bonds. The van der Waals surface area contributed by atoms with Gasteiger partial charge in [-0.1, -0.05) is 53.2 Å². The van der Waals surface area contributed by atoms with Crippen LogP contribution in [-0.2, 0) is 9.59 Å². The predicted molar refractivity (Wildman–Crippen MR) is 160 cm³/mol. The number of aliphatic carboxylic acids is 2. The number of quaternary nitrogens is 1. The van der Waals surface area contributed by atoms with Crippen LogP contribution in [0.25, 0.3) is 0 Å². The maximum Gasteiger partial charge on any atom is 0.363 e. The second kappa shape index (κ2) is 10.8.